The summed E-state index contributed by atoms with van der Waals surface area (Å²) in [6, 6.07) is 5.37. The van der Waals surface area contributed by atoms with Gasteiger partial charge < -0.3 is 21.6 Å². The first-order valence-corrected chi connectivity index (χ1v) is 11.5. The molecule has 0 aromatic heterocycles. The minimum Gasteiger partial charge on any atom is -0.398 e. The van der Waals surface area contributed by atoms with Crippen molar-refractivity contribution < 1.29 is 14.2 Å². The normalized spacial score (nSPS) is 15.1. The molecule has 0 radical (unpaired) electrons. The van der Waals surface area contributed by atoms with Crippen LogP contribution in [0.5, 0.6) is 0 Å². The first kappa shape index (κ1) is 32.7. The Hall–Kier alpha value is -2.51. The second kappa shape index (κ2) is 19.0. The number of methoxy groups -OCH3 is 1. The van der Waals surface area contributed by atoms with E-state index in [-0.39, 0.29) is 0 Å². The van der Waals surface area contributed by atoms with Crippen LogP contribution in [0.4, 0.5) is 15.9 Å². The molecule has 1 aromatic carbocycles. The zero-order valence-corrected chi connectivity index (χ0v) is 22.0. The number of rotatable bonds is 6. The molecule has 7 heteroatoms. The fourth-order valence-corrected chi connectivity index (χ4v) is 3.60. The Morgan fingerprint density at radius 2 is 1.79 bits per heavy atom. The Labute approximate surface area is 200 Å². The first-order valence-electron chi connectivity index (χ1n) is 11.5. The van der Waals surface area contributed by atoms with Gasteiger partial charge in [-0.05, 0) is 74.2 Å². The highest BCUT2D eigenvalue weighted by Gasteiger charge is 2.23. The van der Waals surface area contributed by atoms with E-state index in [9.17, 15) is 4.53 Å². The highest BCUT2D eigenvalue weighted by atomic mass is 19.3. The van der Waals surface area contributed by atoms with E-state index >= 15 is 0 Å². The quantitative estimate of drug-likeness (QED) is 0.241. The first-order chi connectivity index (χ1) is 15.8. The lowest BCUT2D eigenvalue weighted by Crippen LogP contribution is -2.22. The molecular formula is C26H45FN4O2. The Balaban J connectivity index is 0. The van der Waals surface area contributed by atoms with Crippen molar-refractivity contribution in [3.63, 3.8) is 0 Å². The van der Waals surface area contributed by atoms with Crippen molar-refractivity contribution in [3.8, 4) is 0 Å². The molecule has 5 N–H and O–H groups in total. The third-order valence-electron chi connectivity index (χ3n) is 4.85. The molecule has 1 aliphatic carbocycles. The molecule has 0 saturated heterocycles. The van der Waals surface area contributed by atoms with Crippen molar-refractivity contribution in [1.82, 2.24) is 0 Å². The van der Waals surface area contributed by atoms with Crippen molar-refractivity contribution in [2.24, 2.45) is 16.6 Å². The van der Waals surface area contributed by atoms with Crippen LogP contribution in [0.1, 0.15) is 73.3 Å². The van der Waals surface area contributed by atoms with Gasteiger partial charge >= 0.3 is 0 Å². The molecule has 0 amide bonds. The monoisotopic (exact) mass is 464 g/mol. The number of hydrogen-bond acceptors (Lipinski definition) is 5. The van der Waals surface area contributed by atoms with Crippen molar-refractivity contribution in [3.05, 3.63) is 46.1 Å². The van der Waals surface area contributed by atoms with Crippen molar-refractivity contribution >= 4 is 23.4 Å². The lowest BCUT2D eigenvalue weighted by Gasteiger charge is -2.27. The Morgan fingerprint density at radius 3 is 2.24 bits per heavy atom. The topological polar surface area (TPSA) is 107 Å². The number of aliphatic imine (C=N–C) groups is 1. The predicted octanol–water partition coefficient (Wildman–Crippen LogP) is 6.92. The number of nitrogens with one attached hydrogen (secondary N) is 1. The van der Waals surface area contributed by atoms with Gasteiger partial charge in [-0.2, -0.15) is 4.94 Å². The number of nitrogen functional groups attached to an aromatic ring is 1. The second-order valence-electron chi connectivity index (χ2n) is 7.31. The molecule has 0 spiro atoms. The van der Waals surface area contributed by atoms with Crippen LogP contribution in [-0.2, 0) is 9.68 Å². The highest BCUT2D eigenvalue weighted by Crippen LogP contribution is 2.35. The van der Waals surface area contributed by atoms with Crippen LogP contribution in [0.3, 0.4) is 0 Å². The molecule has 33 heavy (non-hydrogen) atoms. The second-order valence-corrected chi connectivity index (χ2v) is 7.31. The average molecular weight is 465 g/mol. The number of allylic oxidation sites excluding steroid dienone is 2. The SMILES string of the molecule is CC.CC.COCC1CCC(C(C(N)=Nc2ccc(N)c(C=N)c2)=C(C)C)=C(C)C1.COF. The zero-order valence-electron chi connectivity index (χ0n) is 22.0. The number of halogens is 1. The summed E-state index contributed by atoms with van der Waals surface area (Å²) in [6.45, 7) is 15.1. The lowest BCUT2D eigenvalue weighted by atomic mass is 9.80. The molecule has 0 heterocycles. The van der Waals surface area contributed by atoms with E-state index in [1.165, 1.54) is 17.4 Å². The van der Waals surface area contributed by atoms with Crippen LogP contribution in [-0.4, -0.2) is 32.9 Å². The molecule has 188 valence electrons. The van der Waals surface area contributed by atoms with E-state index in [2.05, 4.69) is 30.7 Å². The minimum absolute atomic E-state index is 0.519. The minimum atomic E-state index is 0.519. The fraction of sp³-hybridized carbons (Fsp3) is 0.538. The van der Waals surface area contributed by atoms with Crippen LogP contribution in [0.25, 0.3) is 0 Å². The summed E-state index contributed by atoms with van der Waals surface area (Å²) in [5, 5.41) is 7.44. The van der Waals surface area contributed by atoms with Crippen molar-refractivity contribution in [2.75, 3.05) is 26.6 Å². The van der Waals surface area contributed by atoms with Gasteiger partial charge in [0.2, 0.25) is 0 Å². The number of anilines is 1. The van der Waals surface area contributed by atoms with Crippen molar-refractivity contribution in [2.45, 2.75) is 67.7 Å². The van der Waals surface area contributed by atoms with Gasteiger partial charge in [0.05, 0.1) is 12.8 Å². The molecule has 1 atom stereocenters. The van der Waals surface area contributed by atoms with Gasteiger partial charge in [0, 0.05) is 36.8 Å². The Morgan fingerprint density at radius 1 is 1.21 bits per heavy atom. The molecular weight excluding hydrogens is 419 g/mol. The summed E-state index contributed by atoms with van der Waals surface area (Å²) in [6.07, 6.45) is 4.36. The molecule has 2 rings (SSSR count). The zero-order chi connectivity index (χ0) is 26.0. The highest BCUT2D eigenvalue weighted by molar-refractivity contribution is 6.03. The number of hydrogen-bond donors (Lipinski definition) is 3. The van der Waals surface area contributed by atoms with Crippen LogP contribution in [0.15, 0.2) is 45.5 Å². The maximum absolute atomic E-state index is 9.79. The predicted molar refractivity (Wildman–Crippen MR) is 141 cm³/mol. The van der Waals surface area contributed by atoms with Gasteiger partial charge in [0.25, 0.3) is 0 Å². The van der Waals surface area contributed by atoms with Gasteiger partial charge in [0.15, 0.2) is 0 Å². The lowest BCUT2D eigenvalue weighted by molar-refractivity contribution is -0.0960. The Bertz CT molecular complexity index is 797. The van der Waals surface area contributed by atoms with Gasteiger partial charge in [-0.15, -0.1) is 0 Å². The summed E-state index contributed by atoms with van der Waals surface area (Å²) in [4.78, 5) is 7.36. The molecule has 0 bridgehead atoms. The van der Waals surface area contributed by atoms with E-state index in [4.69, 9.17) is 21.6 Å². The van der Waals surface area contributed by atoms with Gasteiger partial charge in [-0.1, -0.05) is 38.8 Å². The molecule has 1 aromatic rings. The fourth-order valence-electron chi connectivity index (χ4n) is 3.60. The largest absolute Gasteiger partial charge is 0.398 e. The van der Waals surface area contributed by atoms with Gasteiger partial charge in [-0.3, -0.25) is 0 Å². The summed E-state index contributed by atoms with van der Waals surface area (Å²) < 4.78 is 15.1. The molecule has 0 fully saturated rings. The standard InChI is InChI=1S/C21H30N4O.2C2H6.CH3FO/c1-13(2)20(18-7-5-15(12-26-4)9-14(18)3)21(24)25-17-6-8-19(23)16(10-17)11-22;2*1-2;1-3-2/h6,8,10-11,15,22H,5,7,9,12,23H2,1-4H3,(H2,24,25);2*1-2H3;1H3. The number of ether oxygens (including phenoxy) is 1. The van der Waals surface area contributed by atoms with Gasteiger partial charge in [0.1, 0.15) is 5.84 Å². The maximum atomic E-state index is 9.79. The van der Waals surface area contributed by atoms with Crippen molar-refractivity contribution in [1.29, 1.82) is 5.41 Å². The summed E-state index contributed by atoms with van der Waals surface area (Å²) in [5.41, 5.74) is 19.1. The van der Waals surface area contributed by atoms with Crippen LogP contribution < -0.4 is 11.5 Å². The van der Waals surface area contributed by atoms with Crippen LogP contribution in [0, 0.1) is 11.3 Å². The number of benzene rings is 1. The summed E-state index contributed by atoms with van der Waals surface area (Å²) in [5.74, 6) is 1.10. The average Bonchev–Trinajstić information content (AvgIpc) is 2.80. The van der Waals surface area contributed by atoms with E-state index in [0.717, 1.165) is 44.1 Å². The van der Waals surface area contributed by atoms with E-state index in [1.54, 1.807) is 19.2 Å². The Kier molecular flexibility index (Phi) is 18.8. The molecule has 0 saturated carbocycles. The third-order valence-corrected chi connectivity index (χ3v) is 4.85. The molecule has 1 aliphatic rings. The number of nitrogens with two attached hydrogens (primary N) is 2. The van der Waals surface area contributed by atoms with Crippen LogP contribution in [0.2, 0.25) is 0 Å². The third kappa shape index (κ3) is 11.3. The maximum Gasteiger partial charge on any atom is 0.131 e. The molecule has 0 aliphatic heterocycles. The summed E-state index contributed by atoms with van der Waals surface area (Å²) in [7, 11) is 2.72. The smallest absolute Gasteiger partial charge is 0.131 e. The summed E-state index contributed by atoms with van der Waals surface area (Å²) >= 11 is 0. The molecule has 6 nitrogen and oxygen atoms in total. The van der Waals surface area contributed by atoms with Crippen LogP contribution >= 0.6 is 0 Å². The number of nitrogens with zero attached hydrogens (tertiary/aromatic N) is 1. The van der Waals surface area contributed by atoms with E-state index in [1.807, 2.05) is 33.8 Å². The van der Waals surface area contributed by atoms with Gasteiger partial charge in [-0.25, -0.2) is 4.99 Å². The van der Waals surface area contributed by atoms with E-state index < -0.39 is 0 Å². The number of amidine groups is 1. The molecule has 1 unspecified atom stereocenters. The van der Waals surface area contributed by atoms with E-state index in [0.29, 0.717) is 28.7 Å².